The van der Waals surface area contributed by atoms with Crippen LogP contribution in [0.5, 0.6) is 0 Å². The molecule has 0 spiro atoms. The minimum atomic E-state index is -0.0757. The molecule has 0 aliphatic carbocycles. The van der Waals surface area contributed by atoms with E-state index in [2.05, 4.69) is 32.4 Å². The number of aliphatic hydroxyl groups excluding tert-OH is 1. The molecule has 1 saturated heterocycles. The first-order valence-electron chi connectivity index (χ1n) is 8.45. The highest BCUT2D eigenvalue weighted by Crippen LogP contribution is 2.19. The van der Waals surface area contributed by atoms with Crippen molar-refractivity contribution in [3.63, 3.8) is 0 Å². The van der Waals surface area contributed by atoms with Gasteiger partial charge in [0, 0.05) is 39.1 Å². The normalized spacial score (nSPS) is 22.8. The molecular formula is C17H26N4O2. The van der Waals surface area contributed by atoms with Crippen molar-refractivity contribution in [3.8, 4) is 0 Å². The zero-order chi connectivity index (χ0) is 15.9. The molecule has 6 heteroatoms. The van der Waals surface area contributed by atoms with Gasteiger partial charge in [0.05, 0.1) is 6.61 Å². The summed E-state index contributed by atoms with van der Waals surface area (Å²) in [5.41, 5.74) is 4.11. The summed E-state index contributed by atoms with van der Waals surface area (Å²) < 4.78 is 0. The molecule has 1 aromatic rings. The van der Waals surface area contributed by atoms with Crippen LogP contribution in [0.15, 0.2) is 35.3 Å². The first kappa shape index (κ1) is 16.4. The van der Waals surface area contributed by atoms with Gasteiger partial charge in [-0.15, -0.1) is 5.48 Å². The summed E-state index contributed by atoms with van der Waals surface area (Å²) in [6.45, 7) is 6.39. The molecule has 2 N–H and O–H groups in total. The number of rotatable bonds is 7. The van der Waals surface area contributed by atoms with Crippen molar-refractivity contribution < 1.29 is 9.94 Å². The van der Waals surface area contributed by atoms with Crippen molar-refractivity contribution in [1.29, 1.82) is 0 Å². The zero-order valence-corrected chi connectivity index (χ0v) is 13.5. The molecule has 2 aliphatic rings. The van der Waals surface area contributed by atoms with Crippen molar-refractivity contribution >= 4 is 5.90 Å². The lowest BCUT2D eigenvalue weighted by Gasteiger charge is -2.34. The largest absolute Gasteiger partial charge is 0.395 e. The van der Waals surface area contributed by atoms with Crippen LogP contribution in [0.2, 0.25) is 0 Å². The Hall–Kier alpha value is -1.47. The van der Waals surface area contributed by atoms with Crippen LogP contribution in [-0.4, -0.2) is 66.7 Å². The van der Waals surface area contributed by atoms with Crippen molar-refractivity contribution in [2.45, 2.75) is 19.0 Å². The molecule has 1 aromatic carbocycles. The highest BCUT2D eigenvalue weighted by atomic mass is 16.7. The summed E-state index contributed by atoms with van der Waals surface area (Å²) in [6, 6.07) is 10.1. The van der Waals surface area contributed by atoms with E-state index in [0.29, 0.717) is 0 Å². The number of hydrogen-bond acceptors (Lipinski definition) is 6. The van der Waals surface area contributed by atoms with Gasteiger partial charge in [-0.3, -0.25) is 4.90 Å². The van der Waals surface area contributed by atoms with Crippen LogP contribution >= 0.6 is 0 Å². The standard InChI is InChI=1S/C17H26N4O2/c22-14-13-21-11-9-20(10-12-21)8-4-7-16-18-17(19-23-16)15-5-2-1-3-6-15/h1-3,5-6,17,19,22H,4,7-14H2/t17-/m1/s1. The van der Waals surface area contributed by atoms with E-state index in [4.69, 9.17) is 9.94 Å². The fraction of sp³-hybridized carbons (Fsp3) is 0.588. The van der Waals surface area contributed by atoms with Gasteiger partial charge >= 0.3 is 0 Å². The molecule has 6 nitrogen and oxygen atoms in total. The Morgan fingerprint density at radius 2 is 1.78 bits per heavy atom. The van der Waals surface area contributed by atoms with Gasteiger partial charge in [-0.25, -0.2) is 4.99 Å². The molecule has 0 amide bonds. The smallest absolute Gasteiger partial charge is 0.211 e. The first-order chi connectivity index (χ1) is 11.3. The third-order valence-electron chi connectivity index (χ3n) is 4.42. The molecule has 0 bridgehead atoms. The Balaban J connectivity index is 1.37. The molecule has 2 heterocycles. The Labute approximate surface area is 137 Å². The van der Waals surface area contributed by atoms with Gasteiger partial charge in [0.1, 0.15) is 0 Å². The highest BCUT2D eigenvalue weighted by molar-refractivity contribution is 5.77. The Morgan fingerprint density at radius 3 is 2.48 bits per heavy atom. The number of nitrogens with zero attached hydrogens (tertiary/aromatic N) is 3. The molecule has 126 valence electrons. The molecule has 23 heavy (non-hydrogen) atoms. The summed E-state index contributed by atoms with van der Waals surface area (Å²) in [7, 11) is 0. The second-order valence-corrected chi connectivity index (χ2v) is 6.07. The van der Waals surface area contributed by atoms with Crippen LogP contribution in [0, 0.1) is 0 Å². The molecule has 0 unspecified atom stereocenters. The van der Waals surface area contributed by atoms with Crippen LogP contribution in [-0.2, 0) is 4.84 Å². The van der Waals surface area contributed by atoms with Crippen molar-refractivity contribution in [3.05, 3.63) is 35.9 Å². The minimum absolute atomic E-state index is 0.0757. The second-order valence-electron chi connectivity index (χ2n) is 6.07. The third-order valence-corrected chi connectivity index (χ3v) is 4.42. The topological polar surface area (TPSA) is 60.3 Å². The van der Waals surface area contributed by atoms with E-state index in [9.17, 15) is 0 Å². The van der Waals surface area contributed by atoms with E-state index in [1.807, 2.05) is 18.2 Å². The lowest BCUT2D eigenvalue weighted by molar-refractivity contribution is 0.111. The van der Waals surface area contributed by atoms with Gasteiger partial charge in [0.15, 0.2) is 6.17 Å². The number of nitrogens with one attached hydrogen (secondary N) is 1. The molecule has 0 saturated carbocycles. The average molecular weight is 318 g/mol. The van der Waals surface area contributed by atoms with Crippen LogP contribution in [0.3, 0.4) is 0 Å². The van der Waals surface area contributed by atoms with Gasteiger partial charge in [-0.1, -0.05) is 30.3 Å². The molecule has 0 radical (unpaired) electrons. The van der Waals surface area contributed by atoms with Crippen molar-refractivity contribution in [1.82, 2.24) is 15.3 Å². The van der Waals surface area contributed by atoms with Crippen LogP contribution in [0.25, 0.3) is 0 Å². The number of β-amino-alcohol motifs (C(OH)–C–C–N with tert-alkyl or cyclic N) is 1. The molecule has 1 fully saturated rings. The average Bonchev–Trinajstić information content (AvgIpc) is 3.06. The van der Waals surface area contributed by atoms with Crippen LogP contribution in [0.1, 0.15) is 24.6 Å². The number of piperazine rings is 1. The van der Waals surface area contributed by atoms with E-state index in [1.54, 1.807) is 0 Å². The monoisotopic (exact) mass is 318 g/mol. The number of aliphatic hydroxyl groups is 1. The molecule has 0 aromatic heterocycles. The summed E-state index contributed by atoms with van der Waals surface area (Å²) in [4.78, 5) is 14.9. The molecule has 2 aliphatic heterocycles. The number of hydroxylamine groups is 1. The maximum Gasteiger partial charge on any atom is 0.211 e. The number of hydrogen-bond donors (Lipinski definition) is 2. The van der Waals surface area contributed by atoms with Gasteiger partial charge in [-0.2, -0.15) is 0 Å². The Kier molecular flexibility index (Phi) is 5.99. The van der Waals surface area contributed by atoms with E-state index in [0.717, 1.165) is 63.6 Å². The number of aliphatic imine (C=N–C) groups is 1. The molecular weight excluding hydrogens is 292 g/mol. The van der Waals surface area contributed by atoms with Gasteiger partial charge in [0.25, 0.3) is 0 Å². The summed E-state index contributed by atoms with van der Waals surface area (Å²) in [6.07, 6.45) is 1.85. The summed E-state index contributed by atoms with van der Waals surface area (Å²) in [5.74, 6) is 0.803. The SMILES string of the molecule is OCCN1CCN(CCCC2=N[C@@H](c3ccccc3)NO2)CC1. The zero-order valence-electron chi connectivity index (χ0n) is 13.5. The lowest BCUT2D eigenvalue weighted by atomic mass is 10.2. The summed E-state index contributed by atoms with van der Waals surface area (Å²) >= 11 is 0. The van der Waals surface area contributed by atoms with Gasteiger partial charge in [0.2, 0.25) is 5.90 Å². The van der Waals surface area contributed by atoms with Crippen LogP contribution in [0.4, 0.5) is 0 Å². The van der Waals surface area contributed by atoms with Gasteiger partial charge in [-0.05, 0) is 18.5 Å². The van der Waals surface area contributed by atoms with Crippen molar-refractivity contribution in [2.75, 3.05) is 45.9 Å². The molecule has 3 rings (SSSR count). The van der Waals surface area contributed by atoms with Crippen molar-refractivity contribution in [2.24, 2.45) is 4.99 Å². The first-order valence-corrected chi connectivity index (χ1v) is 8.45. The van der Waals surface area contributed by atoms with Crippen LogP contribution < -0.4 is 5.48 Å². The van der Waals surface area contributed by atoms with E-state index in [1.165, 1.54) is 0 Å². The third kappa shape index (κ3) is 4.75. The quantitative estimate of drug-likeness (QED) is 0.786. The fourth-order valence-corrected chi connectivity index (χ4v) is 3.05. The minimum Gasteiger partial charge on any atom is -0.395 e. The second kappa shape index (κ2) is 8.40. The van der Waals surface area contributed by atoms with Gasteiger partial charge < -0.3 is 14.8 Å². The number of benzene rings is 1. The van der Waals surface area contributed by atoms with E-state index < -0.39 is 0 Å². The Bertz CT molecular complexity index is 501. The highest BCUT2D eigenvalue weighted by Gasteiger charge is 2.20. The van der Waals surface area contributed by atoms with E-state index in [-0.39, 0.29) is 12.8 Å². The fourth-order valence-electron chi connectivity index (χ4n) is 3.05. The summed E-state index contributed by atoms with van der Waals surface area (Å²) in [5, 5.41) is 8.96. The lowest BCUT2D eigenvalue weighted by Crippen LogP contribution is -2.47. The predicted molar refractivity (Wildman–Crippen MR) is 90.0 cm³/mol. The molecule has 1 atom stereocenters. The predicted octanol–water partition coefficient (Wildman–Crippen LogP) is 1.01. The van der Waals surface area contributed by atoms with E-state index >= 15 is 0 Å². The Morgan fingerprint density at radius 1 is 1.09 bits per heavy atom. The maximum atomic E-state index is 8.96. The maximum absolute atomic E-state index is 8.96.